The first kappa shape index (κ1) is 15.3. The number of rotatable bonds is 6. The van der Waals surface area contributed by atoms with Crippen LogP contribution in [-0.4, -0.2) is 36.9 Å². The molecule has 2 atom stereocenters. The minimum atomic E-state index is -1.03. The molecule has 1 aliphatic heterocycles. The van der Waals surface area contributed by atoms with E-state index in [0.29, 0.717) is 17.3 Å². The topological polar surface area (TPSA) is 44.8 Å². The van der Waals surface area contributed by atoms with Crippen molar-refractivity contribution in [2.75, 3.05) is 26.6 Å². The van der Waals surface area contributed by atoms with Gasteiger partial charge in [0.25, 0.3) is 0 Å². The van der Waals surface area contributed by atoms with Gasteiger partial charge in [-0.05, 0) is 37.8 Å². The Kier molecular flexibility index (Phi) is 5.43. The number of hydrogen-bond acceptors (Lipinski definition) is 4. The van der Waals surface area contributed by atoms with Crippen molar-refractivity contribution in [1.82, 2.24) is 0 Å². The van der Waals surface area contributed by atoms with Gasteiger partial charge in [-0.25, -0.2) is 0 Å². The molecule has 0 amide bonds. The maximum absolute atomic E-state index is 12.4. The van der Waals surface area contributed by atoms with Crippen LogP contribution >= 0.6 is 0 Å². The molecule has 4 nitrogen and oxygen atoms in total. The summed E-state index contributed by atoms with van der Waals surface area (Å²) < 4.78 is 28.5. The zero-order chi connectivity index (χ0) is 14.5. The molecular weight excluding hydrogens is 276 g/mol. The number of methoxy groups -OCH3 is 2. The van der Waals surface area contributed by atoms with Crippen molar-refractivity contribution in [2.24, 2.45) is 0 Å². The SMILES string of the molecule is COc1cc(C)c(S(=O)CCC2CCCO2)cc1OC. The van der Waals surface area contributed by atoms with Crippen molar-refractivity contribution in [1.29, 1.82) is 0 Å². The van der Waals surface area contributed by atoms with Gasteiger partial charge in [0.05, 0.1) is 31.1 Å². The van der Waals surface area contributed by atoms with Crippen LogP contribution in [0.3, 0.4) is 0 Å². The molecule has 20 heavy (non-hydrogen) atoms. The van der Waals surface area contributed by atoms with Crippen LogP contribution in [0.1, 0.15) is 24.8 Å². The Hall–Kier alpha value is -1.07. The van der Waals surface area contributed by atoms with E-state index in [2.05, 4.69) is 0 Å². The van der Waals surface area contributed by atoms with Crippen LogP contribution in [0.5, 0.6) is 11.5 Å². The molecule has 1 fully saturated rings. The number of benzene rings is 1. The van der Waals surface area contributed by atoms with Crippen LogP contribution in [0.4, 0.5) is 0 Å². The van der Waals surface area contributed by atoms with E-state index in [1.54, 1.807) is 14.2 Å². The molecule has 0 aromatic heterocycles. The fraction of sp³-hybridized carbons (Fsp3) is 0.600. The summed E-state index contributed by atoms with van der Waals surface area (Å²) >= 11 is 0. The fourth-order valence-corrected chi connectivity index (χ4v) is 3.78. The summed E-state index contributed by atoms with van der Waals surface area (Å²) in [6.07, 6.45) is 3.33. The minimum absolute atomic E-state index is 0.277. The highest BCUT2D eigenvalue weighted by molar-refractivity contribution is 7.85. The molecule has 0 bridgehead atoms. The standard InChI is InChI=1S/C15H22O4S/c1-11-9-13(17-2)14(18-3)10-15(11)20(16)8-6-12-5-4-7-19-12/h9-10,12H,4-8H2,1-3H3. The normalized spacial score (nSPS) is 19.9. The monoisotopic (exact) mass is 298 g/mol. The van der Waals surface area contributed by atoms with E-state index in [1.807, 2.05) is 19.1 Å². The van der Waals surface area contributed by atoms with Crippen LogP contribution in [0, 0.1) is 6.92 Å². The molecule has 1 aromatic carbocycles. The van der Waals surface area contributed by atoms with Gasteiger partial charge in [-0.2, -0.15) is 0 Å². The van der Waals surface area contributed by atoms with Crippen molar-refractivity contribution in [3.63, 3.8) is 0 Å². The van der Waals surface area contributed by atoms with E-state index in [-0.39, 0.29) is 6.10 Å². The van der Waals surface area contributed by atoms with Gasteiger partial charge in [-0.3, -0.25) is 4.21 Å². The van der Waals surface area contributed by atoms with Gasteiger partial charge in [0.2, 0.25) is 0 Å². The van der Waals surface area contributed by atoms with Crippen molar-refractivity contribution >= 4 is 10.8 Å². The van der Waals surface area contributed by atoms with Gasteiger partial charge in [0, 0.05) is 23.3 Å². The van der Waals surface area contributed by atoms with Crippen LogP contribution in [0.25, 0.3) is 0 Å². The van der Waals surface area contributed by atoms with Crippen LogP contribution in [0.15, 0.2) is 17.0 Å². The summed E-state index contributed by atoms with van der Waals surface area (Å²) in [5.41, 5.74) is 0.966. The molecular formula is C15H22O4S. The summed E-state index contributed by atoms with van der Waals surface area (Å²) in [5.74, 6) is 1.92. The maximum Gasteiger partial charge on any atom is 0.161 e. The quantitative estimate of drug-likeness (QED) is 0.810. The first-order valence-corrected chi connectivity index (χ1v) is 8.20. The molecule has 0 radical (unpaired) electrons. The van der Waals surface area contributed by atoms with Crippen LogP contribution < -0.4 is 9.47 Å². The zero-order valence-electron chi connectivity index (χ0n) is 12.3. The lowest BCUT2D eigenvalue weighted by Gasteiger charge is -2.13. The zero-order valence-corrected chi connectivity index (χ0v) is 13.1. The van der Waals surface area contributed by atoms with Gasteiger partial charge in [-0.1, -0.05) is 0 Å². The van der Waals surface area contributed by atoms with Crippen molar-refractivity contribution in [2.45, 2.75) is 37.2 Å². The Morgan fingerprint density at radius 3 is 2.60 bits per heavy atom. The molecule has 0 spiro atoms. The molecule has 1 heterocycles. The van der Waals surface area contributed by atoms with Crippen molar-refractivity contribution < 1.29 is 18.4 Å². The average Bonchev–Trinajstić information content (AvgIpc) is 2.97. The second kappa shape index (κ2) is 7.09. The first-order chi connectivity index (χ1) is 9.65. The molecule has 0 N–H and O–H groups in total. The Bertz CT molecular complexity index is 481. The highest BCUT2D eigenvalue weighted by Crippen LogP contribution is 2.32. The van der Waals surface area contributed by atoms with Gasteiger partial charge in [0.1, 0.15) is 0 Å². The Morgan fingerprint density at radius 1 is 1.30 bits per heavy atom. The largest absolute Gasteiger partial charge is 0.493 e. The molecule has 0 saturated carbocycles. The minimum Gasteiger partial charge on any atom is -0.493 e. The van der Waals surface area contributed by atoms with Gasteiger partial charge in [0.15, 0.2) is 11.5 Å². The highest BCUT2D eigenvalue weighted by atomic mass is 32.2. The number of hydrogen-bond donors (Lipinski definition) is 0. The van der Waals surface area contributed by atoms with Crippen molar-refractivity contribution in [3.8, 4) is 11.5 Å². The summed E-state index contributed by atoms with van der Waals surface area (Å²) in [6, 6.07) is 3.69. The predicted octanol–water partition coefficient (Wildman–Crippen LogP) is 2.69. The van der Waals surface area contributed by atoms with E-state index in [4.69, 9.17) is 14.2 Å². The molecule has 5 heteroatoms. The number of aryl methyl sites for hydroxylation is 1. The molecule has 0 aliphatic carbocycles. The van der Waals surface area contributed by atoms with Gasteiger partial charge < -0.3 is 14.2 Å². The van der Waals surface area contributed by atoms with Gasteiger partial charge >= 0.3 is 0 Å². The Labute approximate surface area is 122 Å². The molecule has 1 saturated heterocycles. The van der Waals surface area contributed by atoms with E-state index >= 15 is 0 Å². The Balaban J connectivity index is 2.08. The summed E-state index contributed by atoms with van der Waals surface area (Å²) in [5, 5.41) is 0. The van der Waals surface area contributed by atoms with Crippen LogP contribution in [0.2, 0.25) is 0 Å². The highest BCUT2D eigenvalue weighted by Gasteiger charge is 2.18. The average molecular weight is 298 g/mol. The third-order valence-corrected chi connectivity index (χ3v) is 5.11. The van der Waals surface area contributed by atoms with E-state index in [0.717, 1.165) is 36.3 Å². The van der Waals surface area contributed by atoms with Gasteiger partial charge in [-0.15, -0.1) is 0 Å². The summed E-state index contributed by atoms with van der Waals surface area (Å²) in [4.78, 5) is 0.820. The molecule has 2 rings (SSSR count). The molecule has 1 aliphatic rings. The summed E-state index contributed by atoms with van der Waals surface area (Å²) in [7, 11) is 2.16. The third kappa shape index (κ3) is 3.52. The maximum atomic E-state index is 12.4. The fourth-order valence-electron chi connectivity index (χ4n) is 2.43. The smallest absolute Gasteiger partial charge is 0.161 e. The number of ether oxygens (including phenoxy) is 3. The lowest BCUT2D eigenvalue weighted by atomic mass is 10.2. The second-order valence-electron chi connectivity index (χ2n) is 4.95. The second-order valence-corrected chi connectivity index (χ2v) is 6.49. The van der Waals surface area contributed by atoms with Crippen molar-refractivity contribution in [3.05, 3.63) is 17.7 Å². The summed E-state index contributed by atoms with van der Waals surface area (Å²) in [6.45, 7) is 2.79. The van der Waals surface area contributed by atoms with E-state index in [9.17, 15) is 4.21 Å². The molecule has 2 unspecified atom stereocenters. The van der Waals surface area contributed by atoms with E-state index < -0.39 is 10.8 Å². The lowest BCUT2D eigenvalue weighted by Crippen LogP contribution is -2.11. The third-order valence-electron chi connectivity index (χ3n) is 3.58. The molecule has 112 valence electrons. The Morgan fingerprint density at radius 2 is 2.00 bits per heavy atom. The van der Waals surface area contributed by atoms with E-state index in [1.165, 1.54) is 0 Å². The van der Waals surface area contributed by atoms with Crippen LogP contribution in [-0.2, 0) is 15.5 Å². The predicted molar refractivity (Wildman–Crippen MR) is 79.1 cm³/mol. The lowest BCUT2D eigenvalue weighted by molar-refractivity contribution is 0.109. The first-order valence-electron chi connectivity index (χ1n) is 6.88. The molecule has 1 aromatic rings.